The largest absolute Gasteiger partial charge is 0.393 e. The number of allylic oxidation sites excluding steroid dienone is 1. The summed E-state index contributed by atoms with van der Waals surface area (Å²) in [7, 11) is 0. The standard InChI is InChI=1S/C11H22O/c1-6-7-11(4,5)8-10(12)9(2)3/h6,9-10,12H,1,7-8H2,2-5H3. The summed E-state index contributed by atoms with van der Waals surface area (Å²) in [5, 5.41) is 9.65. The van der Waals surface area contributed by atoms with E-state index in [1.807, 2.05) is 6.08 Å². The zero-order valence-corrected chi connectivity index (χ0v) is 8.80. The number of aliphatic hydroxyl groups is 1. The fourth-order valence-electron chi connectivity index (χ4n) is 1.28. The molecule has 0 saturated carbocycles. The van der Waals surface area contributed by atoms with Crippen molar-refractivity contribution in [3.05, 3.63) is 12.7 Å². The molecule has 1 nitrogen and oxygen atoms in total. The number of rotatable bonds is 5. The summed E-state index contributed by atoms with van der Waals surface area (Å²) in [4.78, 5) is 0. The van der Waals surface area contributed by atoms with Gasteiger partial charge < -0.3 is 5.11 Å². The molecule has 0 aromatic carbocycles. The van der Waals surface area contributed by atoms with Gasteiger partial charge >= 0.3 is 0 Å². The third-order valence-electron chi connectivity index (χ3n) is 2.23. The minimum Gasteiger partial charge on any atom is -0.393 e. The first-order valence-corrected chi connectivity index (χ1v) is 4.68. The molecule has 0 aromatic rings. The molecule has 0 heterocycles. The third-order valence-corrected chi connectivity index (χ3v) is 2.23. The van der Waals surface area contributed by atoms with Gasteiger partial charge in [-0.3, -0.25) is 0 Å². The zero-order chi connectivity index (χ0) is 9.78. The van der Waals surface area contributed by atoms with E-state index in [1.54, 1.807) is 0 Å². The summed E-state index contributed by atoms with van der Waals surface area (Å²) in [6.07, 6.45) is 3.57. The molecule has 0 aliphatic heterocycles. The number of aliphatic hydroxyl groups excluding tert-OH is 1. The van der Waals surface area contributed by atoms with E-state index in [0.29, 0.717) is 5.92 Å². The van der Waals surface area contributed by atoms with E-state index < -0.39 is 0 Å². The lowest BCUT2D eigenvalue weighted by Crippen LogP contribution is -2.24. The molecule has 0 saturated heterocycles. The van der Waals surface area contributed by atoms with Gasteiger partial charge in [0.1, 0.15) is 0 Å². The van der Waals surface area contributed by atoms with Gasteiger partial charge in [-0.15, -0.1) is 6.58 Å². The highest BCUT2D eigenvalue weighted by molar-refractivity contribution is 4.82. The van der Waals surface area contributed by atoms with Crippen molar-refractivity contribution in [3.63, 3.8) is 0 Å². The van der Waals surface area contributed by atoms with Crippen molar-refractivity contribution >= 4 is 0 Å². The second kappa shape index (κ2) is 4.66. The summed E-state index contributed by atoms with van der Waals surface area (Å²) in [5.41, 5.74) is 0.186. The van der Waals surface area contributed by atoms with E-state index >= 15 is 0 Å². The maximum absolute atomic E-state index is 9.65. The van der Waals surface area contributed by atoms with Gasteiger partial charge in [0.05, 0.1) is 6.10 Å². The zero-order valence-electron chi connectivity index (χ0n) is 8.80. The third kappa shape index (κ3) is 4.55. The molecule has 12 heavy (non-hydrogen) atoms. The van der Waals surface area contributed by atoms with Crippen LogP contribution in [0.25, 0.3) is 0 Å². The van der Waals surface area contributed by atoms with Crippen molar-refractivity contribution < 1.29 is 5.11 Å². The molecule has 1 heteroatoms. The van der Waals surface area contributed by atoms with E-state index in [2.05, 4.69) is 34.3 Å². The molecule has 0 radical (unpaired) electrons. The Balaban J connectivity index is 3.95. The van der Waals surface area contributed by atoms with Crippen LogP contribution in [0.15, 0.2) is 12.7 Å². The Hall–Kier alpha value is -0.300. The summed E-state index contributed by atoms with van der Waals surface area (Å²) in [6.45, 7) is 12.2. The molecule has 0 spiro atoms. The lowest BCUT2D eigenvalue weighted by atomic mass is 9.81. The lowest BCUT2D eigenvalue weighted by Gasteiger charge is -2.27. The van der Waals surface area contributed by atoms with Gasteiger partial charge in [-0.05, 0) is 24.2 Å². The Bertz CT molecular complexity index is 136. The monoisotopic (exact) mass is 170 g/mol. The number of hydrogen-bond acceptors (Lipinski definition) is 1. The first-order valence-electron chi connectivity index (χ1n) is 4.68. The van der Waals surface area contributed by atoms with Crippen LogP contribution in [0, 0.1) is 11.3 Å². The normalized spacial score (nSPS) is 14.8. The molecule has 0 bridgehead atoms. The van der Waals surface area contributed by atoms with E-state index in [4.69, 9.17) is 0 Å². The minimum absolute atomic E-state index is 0.181. The SMILES string of the molecule is C=CCC(C)(C)CC(O)C(C)C. The second-order valence-electron chi connectivity index (χ2n) is 4.67. The van der Waals surface area contributed by atoms with Crippen molar-refractivity contribution in [2.45, 2.75) is 46.6 Å². The highest BCUT2D eigenvalue weighted by Gasteiger charge is 2.22. The van der Waals surface area contributed by atoms with Crippen LogP contribution in [0.5, 0.6) is 0 Å². The van der Waals surface area contributed by atoms with Crippen molar-refractivity contribution in [1.29, 1.82) is 0 Å². The summed E-state index contributed by atoms with van der Waals surface area (Å²) in [6, 6.07) is 0. The predicted molar refractivity (Wildman–Crippen MR) is 54.1 cm³/mol. The van der Waals surface area contributed by atoms with E-state index in [0.717, 1.165) is 12.8 Å². The summed E-state index contributed by atoms with van der Waals surface area (Å²) < 4.78 is 0. The van der Waals surface area contributed by atoms with Crippen LogP contribution in [0.4, 0.5) is 0 Å². The second-order valence-corrected chi connectivity index (χ2v) is 4.67. The molecule has 1 atom stereocenters. The molecule has 0 aromatic heterocycles. The van der Waals surface area contributed by atoms with Crippen molar-refractivity contribution in [1.82, 2.24) is 0 Å². The van der Waals surface area contributed by atoms with Crippen LogP contribution in [-0.2, 0) is 0 Å². The Morgan fingerprint density at radius 3 is 2.25 bits per heavy atom. The summed E-state index contributed by atoms with van der Waals surface area (Å²) >= 11 is 0. The van der Waals surface area contributed by atoms with E-state index in [9.17, 15) is 5.11 Å². The van der Waals surface area contributed by atoms with E-state index in [1.165, 1.54) is 0 Å². The Kier molecular flexibility index (Phi) is 4.54. The van der Waals surface area contributed by atoms with Crippen LogP contribution in [0.1, 0.15) is 40.5 Å². The van der Waals surface area contributed by atoms with Gasteiger partial charge in [-0.25, -0.2) is 0 Å². The van der Waals surface area contributed by atoms with Crippen LogP contribution >= 0.6 is 0 Å². The highest BCUT2D eigenvalue weighted by Crippen LogP contribution is 2.28. The molecular weight excluding hydrogens is 148 g/mol. The smallest absolute Gasteiger partial charge is 0.0568 e. The molecule has 1 unspecified atom stereocenters. The fraction of sp³-hybridized carbons (Fsp3) is 0.818. The minimum atomic E-state index is -0.181. The molecule has 0 fully saturated rings. The topological polar surface area (TPSA) is 20.2 Å². The van der Waals surface area contributed by atoms with Crippen molar-refractivity contribution in [3.8, 4) is 0 Å². The quantitative estimate of drug-likeness (QED) is 0.629. The van der Waals surface area contributed by atoms with Crippen LogP contribution in [0.3, 0.4) is 0 Å². The molecular formula is C11H22O. The van der Waals surface area contributed by atoms with Crippen molar-refractivity contribution in [2.75, 3.05) is 0 Å². The Labute approximate surface area is 76.5 Å². The molecule has 1 N–H and O–H groups in total. The first kappa shape index (κ1) is 11.7. The molecule has 0 rings (SSSR count). The van der Waals surface area contributed by atoms with Gasteiger partial charge in [0.2, 0.25) is 0 Å². The molecule has 0 aliphatic carbocycles. The predicted octanol–water partition coefficient (Wildman–Crippen LogP) is 3.00. The fourth-order valence-corrected chi connectivity index (χ4v) is 1.28. The summed E-state index contributed by atoms with van der Waals surface area (Å²) in [5.74, 6) is 0.356. The van der Waals surface area contributed by atoms with E-state index in [-0.39, 0.29) is 11.5 Å². The first-order chi connectivity index (χ1) is 5.39. The van der Waals surface area contributed by atoms with Gasteiger partial charge in [-0.2, -0.15) is 0 Å². The van der Waals surface area contributed by atoms with Crippen LogP contribution in [-0.4, -0.2) is 11.2 Å². The maximum Gasteiger partial charge on any atom is 0.0568 e. The lowest BCUT2D eigenvalue weighted by molar-refractivity contribution is 0.0754. The van der Waals surface area contributed by atoms with Gasteiger partial charge in [-0.1, -0.05) is 33.8 Å². The van der Waals surface area contributed by atoms with Gasteiger partial charge in [0.25, 0.3) is 0 Å². The highest BCUT2D eigenvalue weighted by atomic mass is 16.3. The van der Waals surface area contributed by atoms with Crippen LogP contribution < -0.4 is 0 Å². The van der Waals surface area contributed by atoms with Crippen LogP contribution in [0.2, 0.25) is 0 Å². The molecule has 0 amide bonds. The van der Waals surface area contributed by atoms with Gasteiger partial charge in [0, 0.05) is 0 Å². The Morgan fingerprint density at radius 2 is 1.92 bits per heavy atom. The molecule has 0 aliphatic rings. The average molecular weight is 170 g/mol. The Morgan fingerprint density at radius 1 is 1.42 bits per heavy atom. The average Bonchev–Trinajstić information content (AvgIpc) is 1.85. The molecule has 72 valence electrons. The number of hydrogen-bond donors (Lipinski definition) is 1. The van der Waals surface area contributed by atoms with Crippen molar-refractivity contribution in [2.24, 2.45) is 11.3 Å². The maximum atomic E-state index is 9.65. The van der Waals surface area contributed by atoms with Gasteiger partial charge in [0.15, 0.2) is 0 Å².